The molecule has 9 heteroatoms. The van der Waals surface area contributed by atoms with E-state index < -0.39 is 18.1 Å². The van der Waals surface area contributed by atoms with Crippen molar-refractivity contribution in [1.82, 2.24) is 14.9 Å². The van der Waals surface area contributed by atoms with Gasteiger partial charge in [0.1, 0.15) is 6.04 Å². The Labute approximate surface area is 140 Å². The summed E-state index contributed by atoms with van der Waals surface area (Å²) in [5.41, 5.74) is 12.2. The van der Waals surface area contributed by atoms with Gasteiger partial charge in [0.05, 0.1) is 31.6 Å². The van der Waals surface area contributed by atoms with Crippen LogP contribution in [-0.4, -0.2) is 69.7 Å². The number of carboxylic acids is 1. The molecular formula is C15H25N5O4. The highest BCUT2D eigenvalue weighted by Crippen LogP contribution is 2.18. The largest absolute Gasteiger partial charge is 0.480 e. The lowest BCUT2D eigenvalue weighted by Gasteiger charge is -2.30. The van der Waals surface area contributed by atoms with Crippen molar-refractivity contribution in [3.63, 3.8) is 0 Å². The molecule has 0 radical (unpaired) electrons. The molecule has 1 saturated heterocycles. The fraction of sp³-hybridized carbons (Fsp3) is 0.667. The third-order valence-electron chi connectivity index (χ3n) is 3.99. The van der Waals surface area contributed by atoms with Crippen LogP contribution in [0.1, 0.15) is 25.0 Å². The number of imidazole rings is 1. The number of hydrogen-bond acceptors (Lipinski definition) is 6. The van der Waals surface area contributed by atoms with E-state index in [0.29, 0.717) is 32.4 Å². The Morgan fingerprint density at radius 3 is 2.79 bits per heavy atom. The van der Waals surface area contributed by atoms with Gasteiger partial charge in [-0.1, -0.05) is 0 Å². The molecule has 134 valence electrons. The van der Waals surface area contributed by atoms with Crippen LogP contribution >= 0.6 is 0 Å². The molecule has 24 heavy (non-hydrogen) atoms. The van der Waals surface area contributed by atoms with Gasteiger partial charge in [-0.05, 0) is 25.8 Å². The van der Waals surface area contributed by atoms with Crippen molar-refractivity contribution < 1.29 is 19.4 Å². The van der Waals surface area contributed by atoms with E-state index in [2.05, 4.69) is 9.97 Å². The smallest absolute Gasteiger partial charge is 0.326 e. The maximum atomic E-state index is 12.7. The molecule has 1 aromatic rings. The number of amides is 1. The summed E-state index contributed by atoms with van der Waals surface area (Å²) >= 11 is 0. The molecule has 2 heterocycles. The first kappa shape index (κ1) is 18.4. The van der Waals surface area contributed by atoms with Crippen molar-refractivity contribution >= 4 is 11.9 Å². The first-order valence-corrected chi connectivity index (χ1v) is 8.10. The Kier molecular flexibility index (Phi) is 6.71. The summed E-state index contributed by atoms with van der Waals surface area (Å²) in [7, 11) is 0. The number of carbonyl (C=O) groups is 2. The molecule has 2 rings (SSSR count). The van der Waals surface area contributed by atoms with Crippen molar-refractivity contribution in [2.24, 2.45) is 11.5 Å². The molecule has 1 unspecified atom stereocenters. The molecule has 0 aliphatic carbocycles. The monoisotopic (exact) mass is 339 g/mol. The summed E-state index contributed by atoms with van der Waals surface area (Å²) < 4.78 is 5.17. The number of carbonyl (C=O) groups excluding carboxylic acids is 1. The number of epoxide rings is 1. The van der Waals surface area contributed by atoms with Crippen molar-refractivity contribution in [2.45, 2.75) is 43.9 Å². The lowest BCUT2D eigenvalue weighted by Crippen LogP contribution is -2.53. The van der Waals surface area contributed by atoms with Gasteiger partial charge in [0.15, 0.2) is 0 Å². The van der Waals surface area contributed by atoms with Crippen molar-refractivity contribution in [2.75, 3.05) is 19.7 Å². The highest BCUT2D eigenvalue weighted by Gasteiger charge is 2.37. The van der Waals surface area contributed by atoms with E-state index in [1.165, 1.54) is 11.2 Å². The van der Waals surface area contributed by atoms with Crippen LogP contribution in [0, 0.1) is 0 Å². The number of aromatic amines is 1. The Morgan fingerprint density at radius 1 is 1.50 bits per heavy atom. The van der Waals surface area contributed by atoms with Crippen LogP contribution in [-0.2, 0) is 20.7 Å². The van der Waals surface area contributed by atoms with Gasteiger partial charge in [-0.3, -0.25) is 4.79 Å². The van der Waals surface area contributed by atoms with Gasteiger partial charge in [-0.2, -0.15) is 0 Å². The van der Waals surface area contributed by atoms with E-state index >= 15 is 0 Å². The van der Waals surface area contributed by atoms with E-state index in [9.17, 15) is 14.7 Å². The molecule has 0 saturated carbocycles. The minimum absolute atomic E-state index is 0.107. The molecule has 0 spiro atoms. The topological polar surface area (TPSA) is 151 Å². The van der Waals surface area contributed by atoms with Gasteiger partial charge in [-0.15, -0.1) is 0 Å². The molecule has 9 nitrogen and oxygen atoms in total. The summed E-state index contributed by atoms with van der Waals surface area (Å²) in [6.45, 7) is 1.27. The first-order valence-electron chi connectivity index (χ1n) is 8.10. The second-order valence-corrected chi connectivity index (χ2v) is 5.97. The van der Waals surface area contributed by atoms with Crippen molar-refractivity contribution in [1.29, 1.82) is 0 Å². The van der Waals surface area contributed by atoms with Gasteiger partial charge in [0.25, 0.3) is 0 Å². The van der Waals surface area contributed by atoms with Crippen molar-refractivity contribution in [3.05, 3.63) is 18.2 Å². The quantitative estimate of drug-likeness (QED) is 0.301. The molecule has 3 atom stereocenters. The Bertz CT molecular complexity index is 532. The third-order valence-corrected chi connectivity index (χ3v) is 3.99. The van der Waals surface area contributed by atoms with Crippen LogP contribution < -0.4 is 11.5 Å². The fourth-order valence-corrected chi connectivity index (χ4v) is 2.59. The SMILES string of the molecule is NCCCC[C@@H](C(=O)O)N(CC1CO1)C(=O)[C@@H](N)Cc1cnc[nH]1. The van der Waals surface area contributed by atoms with E-state index in [1.54, 1.807) is 6.20 Å². The van der Waals surface area contributed by atoms with E-state index in [0.717, 1.165) is 5.69 Å². The maximum Gasteiger partial charge on any atom is 0.326 e. The number of ether oxygens (including phenoxy) is 1. The summed E-state index contributed by atoms with van der Waals surface area (Å²) in [5, 5.41) is 9.54. The zero-order chi connectivity index (χ0) is 17.5. The summed E-state index contributed by atoms with van der Waals surface area (Å²) in [4.78, 5) is 32.5. The number of hydrogen-bond donors (Lipinski definition) is 4. The van der Waals surface area contributed by atoms with Crippen LogP contribution in [0.3, 0.4) is 0 Å². The Morgan fingerprint density at radius 2 is 2.25 bits per heavy atom. The highest BCUT2D eigenvalue weighted by atomic mass is 16.6. The summed E-state index contributed by atoms with van der Waals surface area (Å²) in [5.74, 6) is -1.42. The maximum absolute atomic E-state index is 12.7. The van der Waals surface area contributed by atoms with Crippen LogP contribution in [0.15, 0.2) is 12.5 Å². The van der Waals surface area contributed by atoms with Crippen LogP contribution in [0.5, 0.6) is 0 Å². The average molecular weight is 339 g/mol. The number of carboxylic acid groups (broad SMARTS) is 1. The molecule has 1 aliphatic rings. The second-order valence-electron chi connectivity index (χ2n) is 5.97. The molecule has 1 amide bonds. The number of H-pyrrole nitrogens is 1. The summed E-state index contributed by atoms with van der Waals surface area (Å²) in [6, 6.07) is -1.75. The highest BCUT2D eigenvalue weighted by molar-refractivity contribution is 5.87. The Hall–Kier alpha value is -1.97. The van der Waals surface area contributed by atoms with Crippen LogP contribution in [0.25, 0.3) is 0 Å². The normalized spacial score (nSPS) is 18.8. The van der Waals surface area contributed by atoms with Gasteiger partial charge in [0.2, 0.25) is 5.91 Å². The van der Waals surface area contributed by atoms with Gasteiger partial charge < -0.3 is 31.2 Å². The lowest BCUT2D eigenvalue weighted by molar-refractivity contribution is -0.151. The zero-order valence-electron chi connectivity index (χ0n) is 13.6. The number of rotatable bonds is 11. The van der Waals surface area contributed by atoms with E-state index in [-0.39, 0.29) is 25.0 Å². The standard InChI is InChI=1S/C15H25N5O4/c16-4-2-1-3-13(15(22)23)20(7-11-8-24-11)14(21)12(17)5-10-6-18-9-19-10/h6,9,11-13H,1-5,7-8,16-17H2,(H,18,19)(H,22,23)/t11?,12-,13-/m0/s1. The van der Waals surface area contributed by atoms with Crippen molar-refractivity contribution in [3.8, 4) is 0 Å². The first-order chi connectivity index (χ1) is 11.5. The molecule has 1 aliphatic heterocycles. The number of aromatic nitrogens is 2. The predicted molar refractivity (Wildman–Crippen MR) is 86.0 cm³/mol. The van der Waals surface area contributed by atoms with Crippen LogP contribution in [0.4, 0.5) is 0 Å². The zero-order valence-corrected chi connectivity index (χ0v) is 13.6. The Balaban J connectivity index is 2.05. The lowest BCUT2D eigenvalue weighted by atomic mass is 10.0. The van der Waals surface area contributed by atoms with Gasteiger partial charge >= 0.3 is 5.97 Å². The minimum atomic E-state index is -1.03. The number of unbranched alkanes of at least 4 members (excludes halogenated alkanes) is 1. The third kappa shape index (κ3) is 5.29. The van der Waals surface area contributed by atoms with Gasteiger partial charge in [0, 0.05) is 18.3 Å². The second kappa shape index (κ2) is 8.76. The van der Waals surface area contributed by atoms with Gasteiger partial charge in [-0.25, -0.2) is 9.78 Å². The molecule has 6 N–H and O–H groups in total. The number of nitrogens with two attached hydrogens (primary N) is 2. The average Bonchev–Trinajstić information content (AvgIpc) is 3.23. The number of nitrogens with zero attached hydrogens (tertiary/aromatic N) is 2. The number of aliphatic carboxylic acids is 1. The summed E-state index contributed by atoms with van der Waals surface area (Å²) in [6.07, 6.45) is 4.97. The molecule has 1 fully saturated rings. The molecule has 0 aromatic carbocycles. The van der Waals surface area contributed by atoms with E-state index in [1.807, 2.05) is 0 Å². The van der Waals surface area contributed by atoms with E-state index in [4.69, 9.17) is 16.2 Å². The van der Waals surface area contributed by atoms with Crippen LogP contribution in [0.2, 0.25) is 0 Å². The minimum Gasteiger partial charge on any atom is -0.480 e. The molecule has 1 aromatic heterocycles. The number of nitrogens with one attached hydrogen (secondary N) is 1. The molecule has 0 bridgehead atoms. The predicted octanol–water partition coefficient (Wildman–Crippen LogP) is -0.911. The fourth-order valence-electron chi connectivity index (χ4n) is 2.59. The molecular weight excluding hydrogens is 314 g/mol.